The van der Waals surface area contributed by atoms with Crippen molar-refractivity contribution in [3.05, 3.63) is 29.3 Å². The summed E-state index contributed by atoms with van der Waals surface area (Å²) in [6, 6.07) is 7.10. The van der Waals surface area contributed by atoms with Crippen LogP contribution in [-0.2, 0) is 4.79 Å². The number of carbonyl (C=O) groups is 1. The third-order valence-corrected chi connectivity index (χ3v) is 3.27. The molecule has 0 saturated carbocycles. The first-order valence-electron chi connectivity index (χ1n) is 5.68. The Hall–Kier alpha value is -1.53. The molecule has 1 aromatic carbocycles. The maximum atomic E-state index is 11.3. The number of rotatable bonds is 5. The van der Waals surface area contributed by atoms with E-state index in [9.17, 15) is 4.79 Å². The second kappa shape index (κ2) is 6.58. The van der Waals surface area contributed by atoms with E-state index >= 15 is 0 Å². The molecular weight excluding hydrogens is 286 g/mol. The highest BCUT2D eigenvalue weighted by Gasteiger charge is 2.10. The fraction of sp³-hybridized carbons (Fsp3) is 0.250. The monoisotopic (exact) mass is 297 g/mol. The topological polar surface area (TPSA) is 68.0 Å². The zero-order valence-electron chi connectivity index (χ0n) is 10.2. The van der Waals surface area contributed by atoms with E-state index in [2.05, 4.69) is 15.5 Å². The highest BCUT2D eigenvalue weighted by atomic mass is 35.5. The first-order valence-corrected chi connectivity index (χ1v) is 7.04. The predicted molar refractivity (Wildman–Crippen MR) is 74.2 cm³/mol. The van der Waals surface area contributed by atoms with Crippen molar-refractivity contribution in [2.75, 3.05) is 12.3 Å². The van der Waals surface area contributed by atoms with Crippen LogP contribution in [0.3, 0.4) is 0 Å². The third-order valence-electron chi connectivity index (χ3n) is 2.20. The first-order chi connectivity index (χ1) is 9.19. The molecule has 0 aliphatic rings. The molecule has 0 unspecified atom stereocenters. The van der Waals surface area contributed by atoms with Crippen LogP contribution in [0.5, 0.6) is 0 Å². The second-order valence-corrected chi connectivity index (χ2v) is 4.99. The minimum Gasteiger partial charge on any atom is -0.411 e. The number of nitrogens with one attached hydrogen (secondary N) is 1. The smallest absolute Gasteiger partial charge is 0.277 e. The highest BCUT2D eigenvalue weighted by molar-refractivity contribution is 7.99. The number of thioether (sulfide) groups is 1. The van der Waals surface area contributed by atoms with E-state index in [0.29, 0.717) is 22.7 Å². The number of benzene rings is 1. The van der Waals surface area contributed by atoms with Gasteiger partial charge in [-0.1, -0.05) is 23.4 Å². The highest BCUT2D eigenvalue weighted by Crippen LogP contribution is 2.24. The van der Waals surface area contributed by atoms with Crippen LogP contribution in [0.2, 0.25) is 5.02 Å². The zero-order valence-corrected chi connectivity index (χ0v) is 11.8. The van der Waals surface area contributed by atoms with E-state index in [-0.39, 0.29) is 11.7 Å². The van der Waals surface area contributed by atoms with Crippen molar-refractivity contribution >= 4 is 29.3 Å². The number of hydrogen-bond donors (Lipinski definition) is 1. The Bertz CT molecular complexity index is 556. The van der Waals surface area contributed by atoms with Crippen molar-refractivity contribution in [2.45, 2.75) is 12.1 Å². The lowest BCUT2D eigenvalue weighted by Gasteiger charge is -1.98. The van der Waals surface area contributed by atoms with E-state index in [1.807, 2.05) is 6.92 Å². The summed E-state index contributed by atoms with van der Waals surface area (Å²) in [5.41, 5.74) is 0.793. The van der Waals surface area contributed by atoms with Gasteiger partial charge in [0.2, 0.25) is 11.8 Å². The van der Waals surface area contributed by atoms with Crippen LogP contribution in [0.4, 0.5) is 0 Å². The number of hydrogen-bond acceptors (Lipinski definition) is 5. The number of amides is 1. The summed E-state index contributed by atoms with van der Waals surface area (Å²) in [5.74, 6) is 0.615. The minimum atomic E-state index is -0.0567. The van der Waals surface area contributed by atoms with E-state index in [4.69, 9.17) is 16.0 Å². The molecule has 5 nitrogen and oxygen atoms in total. The number of halogens is 1. The first kappa shape index (κ1) is 13.9. The summed E-state index contributed by atoms with van der Waals surface area (Å²) >= 11 is 7.01. The lowest BCUT2D eigenvalue weighted by molar-refractivity contribution is -0.118. The van der Waals surface area contributed by atoms with E-state index in [0.717, 1.165) is 5.56 Å². The Balaban J connectivity index is 1.99. The summed E-state index contributed by atoms with van der Waals surface area (Å²) in [7, 11) is 0. The summed E-state index contributed by atoms with van der Waals surface area (Å²) in [4.78, 5) is 11.3. The van der Waals surface area contributed by atoms with Crippen molar-refractivity contribution in [3.63, 3.8) is 0 Å². The molecule has 0 atom stereocenters. The molecule has 2 rings (SSSR count). The predicted octanol–water partition coefficient (Wildman–Crippen LogP) is 2.62. The van der Waals surface area contributed by atoms with Gasteiger partial charge < -0.3 is 9.73 Å². The third kappa shape index (κ3) is 3.97. The van der Waals surface area contributed by atoms with Gasteiger partial charge in [0, 0.05) is 17.1 Å². The van der Waals surface area contributed by atoms with Gasteiger partial charge in [0.25, 0.3) is 5.22 Å². The number of carbonyl (C=O) groups excluding carboxylic acids is 1. The minimum absolute atomic E-state index is 0.0567. The molecular formula is C12H12ClN3O2S. The van der Waals surface area contributed by atoms with Gasteiger partial charge in [-0.2, -0.15) is 0 Å². The molecule has 0 aliphatic carbocycles. The molecule has 0 aliphatic heterocycles. The summed E-state index contributed by atoms with van der Waals surface area (Å²) in [6.07, 6.45) is 0. The molecule has 0 radical (unpaired) electrons. The van der Waals surface area contributed by atoms with Crippen LogP contribution in [0.15, 0.2) is 33.9 Å². The fourth-order valence-electron chi connectivity index (χ4n) is 1.35. The maximum Gasteiger partial charge on any atom is 0.277 e. The molecule has 1 aromatic heterocycles. The van der Waals surface area contributed by atoms with Crippen LogP contribution in [-0.4, -0.2) is 28.4 Å². The Kier molecular flexibility index (Phi) is 4.81. The maximum absolute atomic E-state index is 11.3. The molecule has 7 heteroatoms. The normalized spacial score (nSPS) is 10.4. The molecule has 100 valence electrons. The standard InChI is InChI=1S/C12H12ClN3O2S/c1-2-14-10(17)7-19-12-16-15-11(18-12)8-3-5-9(13)6-4-8/h3-6H,2,7H2,1H3,(H,14,17). The molecule has 0 spiro atoms. The van der Waals surface area contributed by atoms with Crippen molar-refractivity contribution in [1.29, 1.82) is 0 Å². The Morgan fingerprint density at radius 2 is 2.11 bits per heavy atom. The van der Waals surface area contributed by atoms with Gasteiger partial charge >= 0.3 is 0 Å². The van der Waals surface area contributed by atoms with Gasteiger partial charge in [-0.15, -0.1) is 10.2 Å². The molecule has 1 heterocycles. The molecule has 2 aromatic rings. The number of aromatic nitrogens is 2. The summed E-state index contributed by atoms with van der Waals surface area (Å²) in [6.45, 7) is 2.48. The van der Waals surface area contributed by atoms with Gasteiger partial charge in [0.15, 0.2) is 0 Å². The average molecular weight is 298 g/mol. The van der Waals surface area contributed by atoms with E-state index in [1.54, 1.807) is 24.3 Å². The van der Waals surface area contributed by atoms with Crippen LogP contribution >= 0.6 is 23.4 Å². The van der Waals surface area contributed by atoms with Crippen LogP contribution < -0.4 is 5.32 Å². The molecule has 0 fully saturated rings. The Labute approximate surface area is 119 Å². The van der Waals surface area contributed by atoms with E-state index < -0.39 is 0 Å². The second-order valence-electron chi connectivity index (χ2n) is 3.62. The van der Waals surface area contributed by atoms with Crippen LogP contribution in [0.1, 0.15) is 6.92 Å². The van der Waals surface area contributed by atoms with Gasteiger partial charge in [0.1, 0.15) is 0 Å². The van der Waals surface area contributed by atoms with Gasteiger partial charge in [-0.3, -0.25) is 4.79 Å². The van der Waals surface area contributed by atoms with Gasteiger partial charge in [0.05, 0.1) is 5.75 Å². The largest absolute Gasteiger partial charge is 0.411 e. The Morgan fingerprint density at radius 3 is 2.79 bits per heavy atom. The van der Waals surface area contributed by atoms with Gasteiger partial charge in [-0.25, -0.2) is 0 Å². The quantitative estimate of drug-likeness (QED) is 0.859. The van der Waals surface area contributed by atoms with E-state index in [1.165, 1.54) is 11.8 Å². The SMILES string of the molecule is CCNC(=O)CSc1nnc(-c2ccc(Cl)cc2)o1. The number of nitrogens with zero attached hydrogens (tertiary/aromatic N) is 2. The van der Waals surface area contributed by atoms with Crippen molar-refractivity contribution in [1.82, 2.24) is 15.5 Å². The molecule has 0 bridgehead atoms. The van der Waals surface area contributed by atoms with Crippen molar-refractivity contribution in [3.8, 4) is 11.5 Å². The molecule has 19 heavy (non-hydrogen) atoms. The summed E-state index contributed by atoms with van der Waals surface area (Å²) < 4.78 is 5.46. The van der Waals surface area contributed by atoms with Crippen molar-refractivity contribution in [2.24, 2.45) is 0 Å². The Morgan fingerprint density at radius 1 is 1.37 bits per heavy atom. The molecule has 0 saturated heterocycles. The van der Waals surface area contributed by atoms with Gasteiger partial charge in [-0.05, 0) is 31.2 Å². The lowest BCUT2D eigenvalue weighted by Crippen LogP contribution is -2.24. The summed E-state index contributed by atoms with van der Waals surface area (Å²) in [5, 5.41) is 11.5. The van der Waals surface area contributed by atoms with Crippen LogP contribution in [0.25, 0.3) is 11.5 Å². The fourth-order valence-corrected chi connectivity index (χ4v) is 2.07. The zero-order chi connectivity index (χ0) is 13.7. The van der Waals surface area contributed by atoms with Crippen molar-refractivity contribution < 1.29 is 9.21 Å². The average Bonchev–Trinajstić information content (AvgIpc) is 2.86. The molecule has 1 amide bonds. The van der Waals surface area contributed by atoms with Crippen LogP contribution in [0, 0.1) is 0 Å². The lowest BCUT2D eigenvalue weighted by atomic mass is 10.2. The molecule has 1 N–H and O–H groups in total.